The van der Waals surface area contributed by atoms with Gasteiger partial charge in [0.05, 0.1) is 0 Å². The van der Waals surface area contributed by atoms with Crippen LogP contribution in [0.5, 0.6) is 0 Å². The van der Waals surface area contributed by atoms with Crippen LogP contribution in [0.15, 0.2) is 12.3 Å². The van der Waals surface area contributed by atoms with Gasteiger partial charge in [-0.1, -0.05) is 6.42 Å². The molecule has 0 spiro atoms. The molecule has 3 nitrogen and oxygen atoms in total. The van der Waals surface area contributed by atoms with E-state index in [0.717, 1.165) is 6.54 Å². The Bertz CT molecular complexity index is 418. The summed E-state index contributed by atoms with van der Waals surface area (Å²) in [5.41, 5.74) is 2.80. The van der Waals surface area contributed by atoms with Crippen molar-refractivity contribution in [1.29, 1.82) is 0 Å². The lowest BCUT2D eigenvalue weighted by Crippen LogP contribution is -2.31. The molecule has 1 aromatic rings. The summed E-state index contributed by atoms with van der Waals surface area (Å²) in [7, 11) is 0. The topological polar surface area (TPSA) is 28.2 Å². The van der Waals surface area contributed by atoms with E-state index in [2.05, 4.69) is 29.4 Å². The van der Waals surface area contributed by atoms with Gasteiger partial charge in [0.2, 0.25) is 0 Å². The number of nitrogens with one attached hydrogen (secondary N) is 1. The van der Waals surface area contributed by atoms with E-state index in [-0.39, 0.29) is 0 Å². The van der Waals surface area contributed by atoms with Crippen molar-refractivity contribution in [3.8, 4) is 0 Å². The smallest absolute Gasteiger partial charge is 0.128 e. The Hall–Kier alpha value is -1.09. The van der Waals surface area contributed by atoms with Crippen LogP contribution < -0.4 is 10.2 Å². The van der Waals surface area contributed by atoms with E-state index in [1.807, 2.05) is 0 Å². The van der Waals surface area contributed by atoms with Crippen molar-refractivity contribution in [3.63, 3.8) is 0 Å². The van der Waals surface area contributed by atoms with Crippen LogP contribution in [0.2, 0.25) is 0 Å². The summed E-state index contributed by atoms with van der Waals surface area (Å²) in [6.45, 7) is 5.74. The van der Waals surface area contributed by atoms with E-state index >= 15 is 0 Å². The number of hydrogen-bond acceptors (Lipinski definition) is 3. The molecular formula is C16H25N3. The lowest BCUT2D eigenvalue weighted by molar-refractivity contribution is 0.410. The van der Waals surface area contributed by atoms with Gasteiger partial charge >= 0.3 is 0 Å². The van der Waals surface area contributed by atoms with Gasteiger partial charge in [0, 0.05) is 25.3 Å². The number of anilines is 1. The largest absolute Gasteiger partial charge is 0.357 e. The highest BCUT2D eigenvalue weighted by molar-refractivity contribution is 5.44. The molecule has 1 aromatic heterocycles. The Morgan fingerprint density at radius 3 is 2.68 bits per heavy atom. The van der Waals surface area contributed by atoms with E-state index in [9.17, 15) is 0 Å². The van der Waals surface area contributed by atoms with Crippen molar-refractivity contribution in [1.82, 2.24) is 10.3 Å². The molecule has 2 fully saturated rings. The third-order valence-electron chi connectivity index (χ3n) is 4.50. The van der Waals surface area contributed by atoms with Gasteiger partial charge in [-0.05, 0) is 62.8 Å². The first-order chi connectivity index (χ1) is 9.34. The second-order valence-electron chi connectivity index (χ2n) is 5.95. The maximum atomic E-state index is 4.72. The molecule has 2 aliphatic heterocycles. The summed E-state index contributed by atoms with van der Waals surface area (Å²) < 4.78 is 0. The molecule has 2 aliphatic rings. The number of pyridine rings is 1. The number of nitrogens with zero attached hydrogens (tertiary/aromatic N) is 2. The normalized spacial score (nSPS) is 24.5. The maximum absolute atomic E-state index is 4.72. The van der Waals surface area contributed by atoms with Crippen LogP contribution in [0.3, 0.4) is 0 Å². The minimum absolute atomic E-state index is 0.525. The first-order valence-corrected chi connectivity index (χ1v) is 7.79. The summed E-state index contributed by atoms with van der Waals surface area (Å²) >= 11 is 0. The Morgan fingerprint density at radius 2 is 2.00 bits per heavy atom. The molecule has 0 radical (unpaired) electrons. The van der Waals surface area contributed by atoms with Gasteiger partial charge in [0.1, 0.15) is 5.82 Å². The first kappa shape index (κ1) is 12.9. The Kier molecular flexibility index (Phi) is 4.02. The van der Waals surface area contributed by atoms with E-state index < -0.39 is 0 Å². The molecule has 2 saturated heterocycles. The lowest BCUT2D eigenvalue weighted by Gasteiger charge is -2.29. The van der Waals surface area contributed by atoms with Crippen molar-refractivity contribution < 1.29 is 0 Å². The van der Waals surface area contributed by atoms with Crippen LogP contribution in [-0.2, 0) is 0 Å². The average Bonchev–Trinajstić information content (AvgIpc) is 2.49. The molecule has 0 aromatic carbocycles. The minimum Gasteiger partial charge on any atom is -0.357 e. The number of aryl methyl sites for hydroxylation is 1. The van der Waals surface area contributed by atoms with Gasteiger partial charge in [-0.25, -0.2) is 4.98 Å². The molecule has 0 aliphatic carbocycles. The van der Waals surface area contributed by atoms with Gasteiger partial charge in [0.15, 0.2) is 0 Å². The van der Waals surface area contributed by atoms with E-state index in [0.29, 0.717) is 6.04 Å². The van der Waals surface area contributed by atoms with Gasteiger partial charge in [-0.15, -0.1) is 0 Å². The summed E-state index contributed by atoms with van der Waals surface area (Å²) in [5.74, 6) is 1.18. The zero-order valence-electron chi connectivity index (χ0n) is 12.0. The van der Waals surface area contributed by atoms with Crippen LogP contribution in [-0.4, -0.2) is 24.6 Å². The van der Waals surface area contributed by atoms with E-state index in [1.54, 1.807) is 0 Å². The number of rotatable bonds is 2. The van der Waals surface area contributed by atoms with Crippen molar-refractivity contribution in [2.75, 3.05) is 24.5 Å². The summed E-state index contributed by atoms with van der Waals surface area (Å²) in [4.78, 5) is 7.16. The fourth-order valence-electron chi connectivity index (χ4n) is 3.33. The van der Waals surface area contributed by atoms with Crippen molar-refractivity contribution >= 4 is 5.82 Å². The van der Waals surface area contributed by atoms with Crippen LogP contribution in [0.4, 0.5) is 5.82 Å². The van der Waals surface area contributed by atoms with Gasteiger partial charge in [-0.2, -0.15) is 0 Å². The fourth-order valence-corrected chi connectivity index (χ4v) is 3.33. The standard InChI is InChI=1S/C16H25N3/c1-13-11-16(19-9-5-2-6-10-19)18-12-14(13)15-7-3-4-8-17-15/h11-12,15,17H,2-10H2,1H3/t15-/m1/s1. The second kappa shape index (κ2) is 5.91. The molecule has 3 heterocycles. The quantitative estimate of drug-likeness (QED) is 0.884. The van der Waals surface area contributed by atoms with Gasteiger partial charge < -0.3 is 10.2 Å². The predicted molar refractivity (Wildman–Crippen MR) is 79.6 cm³/mol. The average molecular weight is 259 g/mol. The third-order valence-corrected chi connectivity index (χ3v) is 4.50. The van der Waals surface area contributed by atoms with Gasteiger partial charge in [0.25, 0.3) is 0 Å². The number of aromatic nitrogens is 1. The SMILES string of the molecule is Cc1cc(N2CCCCC2)ncc1[C@H]1CCCCN1. The highest BCUT2D eigenvalue weighted by Gasteiger charge is 2.18. The zero-order chi connectivity index (χ0) is 13.1. The van der Waals surface area contributed by atoms with E-state index in [1.165, 1.54) is 68.6 Å². The maximum Gasteiger partial charge on any atom is 0.128 e. The number of piperidine rings is 2. The van der Waals surface area contributed by atoms with E-state index in [4.69, 9.17) is 4.98 Å². The Morgan fingerprint density at radius 1 is 1.16 bits per heavy atom. The summed E-state index contributed by atoms with van der Waals surface area (Å²) in [6.07, 6.45) is 10.0. The molecule has 0 saturated carbocycles. The van der Waals surface area contributed by atoms with Crippen LogP contribution in [0.1, 0.15) is 55.7 Å². The molecular weight excluding hydrogens is 234 g/mol. The molecule has 1 N–H and O–H groups in total. The molecule has 19 heavy (non-hydrogen) atoms. The molecule has 0 unspecified atom stereocenters. The zero-order valence-corrected chi connectivity index (χ0v) is 12.0. The summed E-state index contributed by atoms with van der Waals surface area (Å²) in [6, 6.07) is 2.81. The predicted octanol–water partition coefficient (Wildman–Crippen LogP) is 3.19. The molecule has 0 bridgehead atoms. The second-order valence-corrected chi connectivity index (χ2v) is 5.95. The minimum atomic E-state index is 0.525. The molecule has 3 rings (SSSR count). The monoisotopic (exact) mass is 259 g/mol. The highest BCUT2D eigenvalue weighted by Crippen LogP contribution is 2.27. The van der Waals surface area contributed by atoms with Crippen molar-refractivity contribution in [2.24, 2.45) is 0 Å². The van der Waals surface area contributed by atoms with Crippen molar-refractivity contribution in [3.05, 3.63) is 23.4 Å². The third kappa shape index (κ3) is 2.92. The first-order valence-electron chi connectivity index (χ1n) is 7.79. The summed E-state index contributed by atoms with van der Waals surface area (Å²) in [5, 5.41) is 3.62. The van der Waals surface area contributed by atoms with Crippen LogP contribution in [0.25, 0.3) is 0 Å². The van der Waals surface area contributed by atoms with Crippen molar-refractivity contribution in [2.45, 2.75) is 51.5 Å². The lowest BCUT2D eigenvalue weighted by atomic mass is 9.95. The molecule has 3 heteroatoms. The fraction of sp³-hybridized carbons (Fsp3) is 0.688. The van der Waals surface area contributed by atoms with Crippen LogP contribution >= 0.6 is 0 Å². The number of hydrogen-bond donors (Lipinski definition) is 1. The van der Waals surface area contributed by atoms with Crippen LogP contribution in [0, 0.1) is 6.92 Å². The Balaban J connectivity index is 1.76. The molecule has 1 atom stereocenters. The highest BCUT2D eigenvalue weighted by atomic mass is 15.2. The van der Waals surface area contributed by atoms with Gasteiger partial charge in [-0.3, -0.25) is 0 Å². The Labute approximate surface area is 116 Å². The molecule has 0 amide bonds. The molecule has 104 valence electrons.